The fourth-order valence-corrected chi connectivity index (χ4v) is 2.25. The first-order chi connectivity index (χ1) is 6.63. The molecule has 0 spiro atoms. The van der Waals surface area contributed by atoms with E-state index in [1.807, 2.05) is 11.8 Å². The summed E-state index contributed by atoms with van der Waals surface area (Å²) >= 11 is 1.90. The van der Waals surface area contributed by atoms with Crippen molar-refractivity contribution in [3.8, 4) is 0 Å². The molecule has 1 rings (SSSR count). The van der Waals surface area contributed by atoms with E-state index >= 15 is 0 Å². The molecule has 0 saturated carbocycles. The summed E-state index contributed by atoms with van der Waals surface area (Å²) in [7, 11) is 0. The van der Waals surface area contributed by atoms with Gasteiger partial charge in [0.2, 0.25) is 0 Å². The van der Waals surface area contributed by atoms with Crippen molar-refractivity contribution in [2.75, 3.05) is 11.5 Å². The molecule has 1 atom stereocenters. The van der Waals surface area contributed by atoms with Crippen LogP contribution < -0.4 is 5.73 Å². The second kappa shape index (κ2) is 5.42. The first-order valence-corrected chi connectivity index (χ1v) is 6.20. The van der Waals surface area contributed by atoms with E-state index in [2.05, 4.69) is 39.0 Å². The van der Waals surface area contributed by atoms with Crippen molar-refractivity contribution in [3.05, 3.63) is 34.9 Å². The molecular formula is C12H19NS. The van der Waals surface area contributed by atoms with E-state index in [1.165, 1.54) is 16.7 Å². The SMILES string of the molecule is CCSCC(N)c1cc(C)cc(C)c1. The summed E-state index contributed by atoms with van der Waals surface area (Å²) < 4.78 is 0. The molecular weight excluding hydrogens is 190 g/mol. The summed E-state index contributed by atoms with van der Waals surface area (Å²) in [5.74, 6) is 2.15. The molecule has 1 aromatic rings. The molecule has 0 saturated heterocycles. The maximum atomic E-state index is 6.10. The van der Waals surface area contributed by atoms with Crippen molar-refractivity contribution < 1.29 is 0 Å². The molecule has 14 heavy (non-hydrogen) atoms. The van der Waals surface area contributed by atoms with Crippen LogP contribution in [-0.2, 0) is 0 Å². The molecule has 0 heterocycles. The quantitative estimate of drug-likeness (QED) is 0.825. The highest BCUT2D eigenvalue weighted by Gasteiger charge is 2.06. The Morgan fingerprint density at radius 2 is 1.79 bits per heavy atom. The monoisotopic (exact) mass is 209 g/mol. The van der Waals surface area contributed by atoms with E-state index < -0.39 is 0 Å². The zero-order valence-corrected chi connectivity index (χ0v) is 10.0. The van der Waals surface area contributed by atoms with Crippen LogP contribution in [-0.4, -0.2) is 11.5 Å². The molecule has 0 aliphatic carbocycles. The van der Waals surface area contributed by atoms with Crippen LogP contribution in [0.3, 0.4) is 0 Å². The standard InChI is InChI=1S/C12H19NS/c1-4-14-8-12(13)11-6-9(2)5-10(3)7-11/h5-7,12H,4,8,13H2,1-3H3. The van der Waals surface area contributed by atoms with Gasteiger partial charge >= 0.3 is 0 Å². The Morgan fingerprint density at radius 3 is 2.29 bits per heavy atom. The highest BCUT2D eigenvalue weighted by molar-refractivity contribution is 7.99. The van der Waals surface area contributed by atoms with E-state index in [9.17, 15) is 0 Å². The van der Waals surface area contributed by atoms with Gasteiger partial charge in [0.05, 0.1) is 0 Å². The van der Waals surface area contributed by atoms with Crippen molar-refractivity contribution in [2.24, 2.45) is 5.73 Å². The third-order valence-corrected chi connectivity index (χ3v) is 3.18. The van der Waals surface area contributed by atoms with Gasteiger partial charge in [-0.15, -0.1) is 0 Å². The van der Waals surface area contributed by atoms with Gasteiger partial charge in [0.25, 0.3) is 0 Å². The summed E-state index contributed by atoms with van der Waals surface area (Å²) in [4.78, 5) is 0. The Hall–Kier alpha value is -0.470. The maximum absolute atomic E-state index is 6.10. The van der Waals surface area contributed by atoms with Gasteiger partial charge < -0.3 is 5.73 Å². The Kier molecular flexibility index (Phi) is 4.49. The minimum atomic E-state index is 0.179. The molecule has 1 aromatic carbocycles. The molecule has 0 fully saturated rings. The largest absolute Gasteiger partial charge is 0.323 e. The fourth-order valence-electron chi connectivity index (χ4n) is 1.57. The lowest BCUT2D eigenvalue weighted by molar-refractivity contribution is 0.828. The molecule has 1 unspecified atom stereocenters. The number of aryl methyl sites for hydroxylation is 2. The predicted octanol–water partition coefficient (Wildman–Crippen LogP) is 3.06. The third kappa shape index (κ3) is 3.35. The first-order valence-electron chi connectivity index (χ1n) is 5.05. The van der Waals surface area contributed by atoms with Gasteiger partial charge in [-0.3, -0.25) is 0 Å². The van der Waals surface area contributed by atoms with Gasteiger partial charge in [-0.05, 0) is 25.2 Å². The molecule has 2 N–H and O–H groups in total. The van der Waals surface area contributed by atoms with Gasteiger partial charge in [-0.25, -0.2) is 0 Å². The zero-order chi connectivity index (χ0) is 10.6. The molecule has 2 heteroatoms. The van der Waals surface area contributed by atoms with Crippen LogP contribution in [0.5, 0.6) is 0 Å². The lowest BCUT2D eigenvalue weighted by Gasteiger charge is -2.12. The van der Waals surface area contributed by atoms with Crippen molar-refractivity contribution in [3.63, 3.8) is 0 Å². The average molecular weight is 209 g/mol. The van der Waals surface area contributed by atoms with Crippen LogP contribution in [0.15, 0.2) is 18.2 Å². The smallest absolute Gasteiger partial charge is 0.0386 e. The lowest BCUT2D eigenvalue weighted by Crippen LogP contribution is -2.13. The van der Waals surface area contributed by atoms with Gasteiger partial charge in [0.1, 0.15) is 0 Å². The molecule has 1 nitrogen and oxygen atoms in total. The Morgan fingerprint density at radius 1 is 1.21 bits per heavy atom. The van der Waals surface area contributed by atoms with Crippen LogP contribution in [0.25, 0.3) is 0 Å². The molecule has 0 aromatic heterocycles. The molecule has 0 aliphatic heterocycles. The van der Waals surface area contributed by atoms with Crippen molar-refractivity contribution in [1.29, 1.82) is 0 Å². The molecule has 0 aliphatic rings. The number of hydrogen-bond donors (Lipinski definition) is 1. The van der Waals surface area contributed by atoms with E-state index in [0.717, 1.165) is 11.5 Å². The normalized spacial score (nSPS) is 12.9. The first kappa shape index (κ1) is 11.6. The summed E-state index contributed by atoms with van der Waals surface area (Å²) in [6, 6.07) is 6.74. The Bertz CT molecular complexity index is 276. The summed E-state index contributed by atoms with van der Waals surface area (Å²) in [6.45, 7) is 6.41. The van der Waals surface area contributed by atoms with Crippen LogP contribution in [0.1, 0.15) is 29.7 Å². The highest BCUT2D eigenvalue weighted by Crippen LogP contribution is 2.18. The maximum Gasteiger partial charge on any atom is 0.0386 e. The summed E-state index contributed by atoms with van der Waals surface area (Å²) in [6.07, 6.45) is 0. The van der Waals surface area contributed by atoms with Crippen molar-refractivity contribution >= 4 is 11.8 Å². The zero-order valence-electron chi connectivity index (χ0n) is 9.21. The van der Waals surface area contributed by atoms with Gasteiger partial charge in [-0.1, -0.05) is 36.2 Å². The average Bonchev–Trinajstić information content (AvgIpc) is 2.12. The van der Waals surface area contributed by atoms with Gasteiger partial charge in [-0.2, -0.15) is 11.8 Å². The topological polar surface area (TPSA) is 26.0 Å². The minimum Gasteiger partial charge on any atom is -0.323 e. The summed E-state index contributed by atoms with van der Waals surface area (Å²) in [5, 5.41) is 0. The van der Waals surface area contributed by atoms with E-state index in [4.69, 9.17) is 5.73 Å². The lowest BCUT2D eigenvalue weighted by atomic mass is 10.0. The Labute approximate surface area is 91.1 Å². The van der Waals surface area contributed by atoms with Crippen LogP contribution in [0.2, 0.25) is 0 Å². The molecule has 0 bridgehead atoms. The highest BCUT2D eigenvalue weighted by atomic mass is 32.2. The third-order valence-electron chi connectivity index (χ3n) is 2.17. The second-order valence-corrected chi connectivity index (χ2v) is 5.01. The van der Waals surface area contributed by atoms with E-state index in [-0.39, 0.29) is 6.04 Å². The van der Waals surface area contributed by atoms with Crippen molar-refractivity contribution in [2.45, 2.75) is 26.8 Å². The predicted molar refractivity (Wildman–Crippen MR) is 65.8 cm³/mol. The van der Waals surface area contributed by atoms with E-state index in [0.29, 0.717) is 0 Å². The van der Waals surface area contributed by atoms with Crippen LogP contribution >= 0.6 is 11.8 Å². The van der Waals surface area contributed by atoms with Crippen molar-refractivity contribution in [1.82, 2.24) is 0 Å². The fraction of sp³-hybridized carbons (Fsp3) is 0.500. The summed E-state index contributed by atoms with van der Waals surface area (Å²) in [5.41, 5.74) is 9.97. The van der Waals surface area contributed by atoms with Crippen LogP contribution in [0, 0.1) is 13.8 Å². The number of rotatable bonds is 4. The van der Waals surface area contributed by atoms with Gasteiger partial charge in [0, 0.05) is 11.8 Å². The number of thioether (sulfide) groups is 1. The molecule has 0 radical (unpaired) electrons. The second-order valence-electron chi connectivity index (χ2n) is 3.69. The number of benzene rings is 1. The number of nitrogens with two attached hydrogens (primary N) is 1. The molecule has 78 valence electrons. The van der Waals surface area contributed by atoms with Gasteiger partial charge in [0.15, 0.2) is 0 Å². The number of hydrogen-bond acceptors (Lipinski definition) is 2. The Balaban J connectivity index is 2.73. The van der Waals surface area contributed by atoms with Crippen LogP contribution in [0.4, 0.5) is 0 Å². The van der Waals surface area contributed by atoms with E-state index in [1.54, 1.807) is 0 Å². The minimum absolute atomic E-state index is 0.179. The molecule has 0 amide bonds.